The molecule has 3 fully saturated rings. The second-order valence-corrected chi connectivity index (χ2v) is 25.6. The minimum atomic E-state index is -1.30. The lowest BCUT2D eigenvalue weighted by atomic mass is 9.89. The molecule has 3 aliphatic heterocycles. The van der Waals surface area contributed by atoms with Gasteiger partial charge in [0.1, 0.15) is 49.8 Å². The lowest BCUT2D eigenvalue weighted by molar-refractivity contribution is -0.307. The van der Waals surface area contributed by atoms with E-state index >= 15 is 9.59 Å². The van der Waals surface area contributed by atoms with Crippen molar-refractivity contribution in [3.8, 4) is 22.3 Å². The lowest BCUT2D eigenvalue weighted by Gasteiger charge is -2.56. The van der Waals surface area contributed by atoms with Crippen LogP contribution in [0.1, 0.15) is 67.5 Å². The number of carbonyl (C=O) groups is 2. The van der Waals surface area contributed by atoms with Gasteiger partial charge in [0.15, 0.2) is 12.5 Å². The smallest absolute Gasteiger partial charge is 0.412 e. The van der Waals surface area contributed by atoms with Crippen LogP contribution in [0.25, 0.3) is 22.3 Å². The van der Waals surface area contributed by atoms with Crippen LogP contribution in [0.5, 0.6) is 0 Å². The van der Waals surface area contributed by atoms with Gasteiger partial charge in [0.2, 0.25) is 0 Å². The SMILES string of the molecule is O=C(OCC1c2ccccc2-c2ccccc21)N1[C@@H]2OC[C@@H]3[C@@H](OCc4ccccc4)[C@H](OCc4ccccc4)[C@@H](OCc4ccccc4)[C@@H](OC[C@@H]1[C@@H](OCc1ccccc1)[C@H](OCc1ccccc1)C2OCc1ccccc1)N3C(=O)OCC1c2ccccc2-c2ccccc21. The molecule has 496 valence electrons. The average Bonchev–Trinajstić information content (AvgIpc) is 0.805. The molecule has 0 N–H and O–H groups in total. The predicted molar refractivity (Wildman–Crippen MR) is 371 cm³/mol. The summed E-state index contributed by atoms with van der Waals surface area (Å²) in [6, 6.07) is 90.4. The first-order chi connectivity index (χ1) is 48.5. The van der Waals surface area contributed by atoms with Crippen molar-refractivity contribution in [2.45, 2.75) is 113 Å². The Balaban J connectivity index is 0.886. The standard InChI is InChI=1S/C84H78N2O12/c87-83(97-53-71-67-43-23-19-39-63(67)64-40-20-24-44-68(64)71)85-73-55-95-82-80(94-52-62-37-17-6-18-38-62)78(92-50-60-33-13-4-14-34-60)76(90-48-58-29-9-2-10-30-58)74(86(82)84(88)98-54-72-69-45-25-21-41-65(69)66-42-22-26-46-70(66)72)56-96-81(85)79(93-51-61-35-15-5-16-36-61)77(91-49-59-31-11-3-12-32-59)75(73)89-47-57-27-7-1-8-28-57/h1-46,71-82H,47-56H2/t73-,74-,75-,76-,77+,78+,79-,80?,81-,82-/m1/s1. The molecule has 10 aromatic rings. The van der Waals surface area contributed by atoms with Gasteiger partial charge in [-0.1, -0.05) is 279 Å². The molecule has 1 unspecified atom stereocenters. The fourth-order valence-corrected chi connectivity index (χ4v) is 14.8. The zero-order valence-electron chi connectivity index (χ0n) is 54.4. The third kappa shape index (κ3) is 14.0. The first-order valence-electron chi connectivity index (χ1n) is 33.9. The first-order valence-corrected chi connectivity index (χ1v) is 33.9. The minimum Gasteiger partial charge on any atom is -0.448 e. The predicted octanol–water partition coefficient (Wildman–Crippen LogP) is 15.5. The molecule has 0 radical (unpaired) electrons. The zero-order chi connectivity index (χ0) is 66.0. The molecule has 0 spiro atoms. The summed E-state index contributed by atoms with van der Waals surface area (Å²) in [6.07, 6.45) is -10.1. The van der Waals surface area contributed by atoms with Crippen LogP contribution in [0.4, 0.5) is 9.59 Å². The number of hydrogen-bond donors (Lipinski definition) is 0. The van der Waals surface area contributed by atoms with Crippen LogP contribution >= 0.6 is 0 Å². The molecule has 2 amide bonds. The van der Waals surface area contributed by atoms with Crippen molar-refractivity contribution in [3.05, 3.63) is 335 Å². The molecular weight excluding hydrogens is 1230 g/mol. The van der Waals surface area contributed by atoms with Crippen LogP contribution in [0.2, 0.25) is 0 Å². The molecule has 14 heteroatoms. The van der Waals surface area contributed by atoms with Crippen molar-refractivity contribution in [2.24, 2.45) is 0 Å². The summed E-state index contributed by atoms with van der Waals surface area (Å²) in [4.78, 5) is 36.0. The summed E-state index contributed by atoms with van der Waals surface area (Å²) < 4.78 is 72.9. The Morgan fingerprint density at radius 1 is 0.286 bits per heavy atom. The Labute approximate surface area is 572 Å². The third-order valence-corrected chi connectivity index (χ3v) is 19.6. The molecule has 10 aromatic carbocycles. The van der Waals surface area contributed by atoms with Gasteiger partial charge in [-0.25, -0.2) is 9.59 Å². The largest absolute Gasteiger partial charge is 0.448 e. The van der Waals surface area contributed by atoms with Gasteiger partial charge < -0.3 is 47.4 Å². The van der Waals surface area contributed by atoms with Crippen molar-refractivity contribution >= 4 is 12.2 Å². The van der Waals surface area contributed by atoms with Crippen molar-refractivity contribution in [2.75, 3.05) is 26.4 Å². The van der Waals surface area contributed by atoms with E-state index in [1.165, 1.54) is 0 Å². The highest BCUT2D eigenvalue weighted by Crippen LogP contribution is 2.47. The van der Waals surface area contributed by atoms with E-state index in [0.29, 0.717) is 0 Å². The van der Waals surface area contributed by atoms with E-state index in [9.17, 15) is 0 Å². The first kappa shape index (κ1) is 64.4. The van der Waals surface area contributed by atoms with Gasteiger partial charge in [-0.2, -0.15) is 0 Å². The molecule has 3 saturated heterocycles. The van der Waals surface area contributed by atoms with E-state index < -0.39 is 73.3 Å². The van der Waals surface area contributed by atoms with Gasteiger partial charge in [-0.3, -0.25) is 9.80 Å². The Kier molecular flexibility index (Phi) is 20.0. The monoisotopic (exact) mass is 1310 g/mol. The van der Waals surface area contributed by atoms with Crippen LogP contribution < -0.4 is 0 Å². The molecule has 10 atom stereocenters. The number of hydrogen-bond acceptors (Lipinski definition) is 12. The number of amides is 2. The summed E-state index contributed by atoms with van der Waals surface area (Å²) >= 11 is 0. The molecule has 15 rings (SSSR count). The van der Waals surface area contributed by atoms with E-state index in [4.69, 9.17) is 47.4 Å². The van der Waals surface area contributed by atoms with Crippen molar-refractivity contribution in [1.29, 1.82) is 0 Å². The van der Waals surface area contributed by atoms with Crippen molar-refractivity contribution in [1.82, 2.24) is 9.80 Å². The molecule has 0 aromatic heterocycles. The molecular formula is C84H78N2O12. The van der Waals surface area contributed by atoms with Crippen LogP contribution in [0.3, 0.4) is 0 Å². The average molecular weight is 1310 g/mol. The fourth-order valence-electron chi connectivity index (χ4n) is 14.8. The van der Waals surface area contributed by atoms with E-state index in [1.54, 1.807) is 9.80 Å². The summed E-state index contributed by atoms with van der Waals surface area (Å²) in [6.45, 7) is 0.141. The molecule has 2 aliphatic carbocycles. The van der Waals surface area contributed by atoms with Gasteiger partial charge in [0, 0.05) is 11.8 Å². The van der Waals surface area contributed by atoms with E-state index in [2.05, 4.69) is 48.5 Å². The molecule has 3 heterocycles. The maximum absolute atomic E-state index is 16.4. The second kappa shape index (κ2) is 30.5. The lowest BCUT2D eigenvalue weighted by Crippen LogP contribution is -2.75. The number of ether oxygens (including phenoxy) is 10. The van der Waals surface area contributed by atoms with Crippen molar-refractivity contribution < 1.29 is 57.0 Å². The number of piperidine rings is 2. The fraction of sp³-hybridized carbons (Fsp3) is 0.262. The topological polar surface area (TPSA) is 133 Å². The molecule has 0 saturated carbocycles. The van der Waals surface area contributed by atoms with Crippen LogP contribution in [-0.4, -0.2) is 110 Å². The molecule has 98 heavy (non-hydrogen) atoms. The molecule has 14 nitrogen and oxygen atoms in total. The highest BCUT2D eigenvalue weighted by atomic mass is 16.6. The van der Waals surface area contributed by atoms with Gasteiger partial charge in [-0.15, -0.1) is 0 Å². The van der Waals surface area contributed by atoms with Crippen LogP contribution in [0, 0.1) is 0 Å². The van der Waals surface area contributed by atoms with Crippen LogP contribution in [-0.2, 0) is 87.0 Å². The van der Waals surface area contributed by atoms with Gasteiger partial charge in [0.25, 0.3) is 0 Å². The maximum Gasteiger partial charge on any atom is 0.412 e. The Morgan fingerprint density at radius 2 is 0.510 bits per heavy atom. The highest BCUT2D eigenvalue weighted by molar-refractivity contribution is 5.80. The highest BCUT2D eigenvalue weighted by Gasteiger charge is 2.60. The molecule has 5 aliphatic rings. The van der Waals surface area contributed by atoms with Gasteiger partial charge >= 0.3 is 12.2 Å². The number of benzene rings is 10. The summed E-state index contributed by atoms with van der Waals surface area (Å²) in [7, 11) is 0. The maximum atomic E-state index is 16.4. The number of rotatable bonds is 22. The Morgan fingerprint density at radius 3 is 0.776 bits per heavy atom. The van der Waals surface area contributed by atoms with Gasteiger partial charge in [-0.05, 0) is 77.9 Å². The third-order valence-electron chi connectivity index (χ3n) is 19.6. The minimum absolute atomic E-state index is 0.00524. The normalized spacial score (nSPS) is 22.4. The second-order valence-electron chi connectivity index (χ2n) is 25.6. The van der Waals surface area contributed by atoms with Gasteiger partial charge in [0.05, 0.1) is 64.9 Å². The summed E-state index contributed by atoms with van der Waals surface area (Å²) in [5.41, 5.74) is 13.9. The van der Waals surface area contributed by atoms with Crippen LogP contribution in [0.15, 0.2) is 279 Å². The number of fused-ring (bicyclic) bond motifs is 10. The van der Waals surface area contributed by atoms with E-state index in [-0.39, 0.29) is 77.9 Å². The number of carbonyl (C=O) groups excluding carboxylic acids is 2. The van der Waals surface area contributed by atoms with E-state index in [1.807, 2.05) is 231 Å². The van der Waals surface area contributed by atoms with E-state index in [0.717, 1.165) is 77.9 Å². The Hall–Kier alpha value is -9.58. The number of nitrogens with zero attached hydrogens (tertiary/aromatic N) is 2. The zero-order valence-corrected chi connectivity index (χ0v) is 54.4. The summed E-state index contributed by atoms with van der Waals surface area (Å²) in [5.74, 6) is -0.575. The van der Waals surface area contributed by atoms with Crippen molar-refractivity contribution in [3.63, 3.8) is 0 Å². The summed E-state index contributed by atoms with van der Waals surface area (Å²) in [5, 5.41) is 0. The molecule has 4 bridgehead atoms. The quantitative estimate of drug-likeness (QED) is 0.0640. The Bertz CT molecular complexity index is 3770.